The van der Waals surface area contributed by atoms with Gasteiger partial charge in [0.15, 0.2) is 5.65 Å². The van der Waals surface area contributed by atoms with Crippen molar-refractivity contribution in [3.8, 4) is 0 Å². The average molecular weight is 189 g/mol. The van der Waals surface area contributed by atoms with Crippen LogP contribution >= 0.6 is 0 Å². The van der Waals surface area contributed by atoms with Gasteiger partial charge in [0.05, 0.1) is 0 Å². The van der Waals surface area contributed by atoms with Crippen LogP contribution in [0.25, 0.3) is 5.65 Å². The van der Waals surface area contributed by atoms with Gasteiger partial charge in [0, 0.05) is 19.0 Å². The normalized spacial score (nSPS) is 10.6. The Hall–Kier alpha value is -1.71. The molecule has 2 rings (SSSR count). The zero-order valence-corrected chi connectivity index (χ0v) is 7.97. The first kappa shape index (κ1) is 8.87. The van der Waals surface area contributed by atoms with Crippen molar-refractivity contribution in [2.75, 3.05) is 0 Å². The molecule has 0 spiro atoms. The van der Waals surface area contributed by atoms with Gasteiger partial charge in [-0.25, -0.2) is 0 Å². The Bertz CT molecular complexity index is 461. The number of carbonyl (C=O) groups is 1. The van der Waals surface area contributed by atoms with Gasteiger partial charge in [0.25, 0.3) is 0 Å². The van der Waals surface area contributed by atoms with E-state index in [1.807, 2.05) is 29.7 Å². The second-order valence-corrected chi connectivity index (χ2v) is 3.11. The van der Waals surface area contributed by atoms with Gasteiger partial charge in [0.2, 0.25) is 0 Å². The van der Waals surface area contributed by atoms with Crippen LogP contribution in [-0.4, -0.2) is 20.9 Å². The van der Waals surface area contributed by atoms with E-state index < -0.39 is 0 Å². The van der Waals surface area contributed by atoms with Crippen molar-refractivity contribution in [2.24, 2.45) is 0 Å². The van der Waals surface area contributed by atoms with Gasteiger partial charge < -0.3 is 4.79 Å². The van der Waals surface area contributed by atoms with Crippen LogP contribution in [0.1, 0.15) is 18.3 Å². The van der Waals surface area contributed by atoms with Crippen LogP contribution in [0.2, 0.25) is 0 Å². The molecule has 0 aromatic carbocycles. The van der Waals surface area contributed by atoms with Crippen LogP contribution < -0.4 is 0 Å². The van der Waals surface area contributed by atoms with Gasteiger partial charge in [-0.15, -0.1) is 10.2 Å². The third-order valence-corrected chi connectivity index (χ3v) is 2.17. The number of carbonyl (C=O) groups excluding carboxylic acids is 1. The number of fused-ring (bicyclic) bond motifs is 1. The SMILES string of the molecule is CCc1nnc2ccc(CC=O)cn12. The second-order valence-electron chi connectivity index (χ2n) is 3.11. The van der Waals surface area contributed by atoms with Crippen molar-refractivity contribution in [1.82, 2.24) is 14.6 Å². The zero-order valence-electron chi connectivity index (χ0n) is 7.97. The minimum Gasteiger partial charge on any atom is -0.303 e. The minimum absolute atomic E-state index is 0.442. The predicted molar refractivity (Wildman–Crippen MR) is 52.1 cm³/mol. The maximum absolute atomic E-state index is 10.4. The van der Waals surface area contributed by atoms with Gasteiger partial charge in [-0.2, -0.15) is 0 Å². The molecule has 0 radical (unpaired) electrons. The standard InChI is InChI=1S/C10H11N3O/c1-2-9-11-12-10-4-3-8(5-6-14)7-13(9)10/h3-4,6-7H,2,5H2,1H3. The Labute approximate surface area is 81.6 Å². The summed E-state index contributed by atoms with van der Waals surface area (Å²) < 4.78 is 1.93. The lowest BCUT2D eigenvalue weighted by atomic mass is 10.2. The fourth-order valence-electron chi connectivity index (χ4n) is 1.44. The van der Waals surface area contributed by atoms with E-state index in [1.54, 1.807) is 0 Å². The Balaban J connectivity index is 2.55. The summed E-state index contributed by atoms with van der Waals surface area (Å²) in [6.07, 6.45) is 4.10. The van der Waals surface area contributed by atoms with Crippen molar-refractivity contribution < 1.29 is 4.79 Å². The van der Waals surface area contributed by atoms with E-state index in [0.29, 0.717) is 6.42 Å². The summed E-state index contributed by atoms with van der Waals surface area (Å²) in [5, 5.41) is 8.06. The highest BCUT2D eigenvalue weighted by atomic mass is 16.1. The Morgan fingerprint density at radius 2 is 2.29 bits per heavy atom. The summed E-state index contributed by atoms with van der Waals surface area (Å²) in [5.74, 6) is 0.924. The number of rotatable bonds is 3. The second kappa shape index (κ2) is 3.57. The molecule has 0 N–H and O–H groups in total. The van der Waals surface area contributed by atoms with Crippen LogP contribution in [-0.2, 0) is 17.6 Å². The predicted octanol–water partition coefficient (Wildman–Crippen LogP) is 1.03. The number of hydrogen-bond acceptors (Lipinski definition) is 3. The summed E-state index contributed by atoms with van der Waals surface area (Å²) in [7, 11) is 0. The molecule has 2 aromatic rings. The van der Waals surface area contributed by atoms with Gasteiger partial charge in [-0.1, -0.05) is 13.0 Å². The maximum Gasteiger partial charge on any atom is 0.160 e. The molecule has 0 unspecified atom stereocenters. The lowest BCUT2D eigenvalue weighted by Crippen LogP contribution is -1.95. The highest BCUT2D eigenvalue weighted by Crippen LogP contribution is 2.07. The third-order valence-electron chi connectivity index (χ3n) is 2.17. The Kier molecular flexibility index (Phi) is 2.26. The van der Waals surface area contributed by atoms with E-state index in [-0.39, 0.29) is 0 Å². The smallest absolute Gasteiger partial charge is 0.160 e. The van der Waals surface area contributed by atoms with Gasteiger partial charge in [-0.05, 0) is 11.6 Å². The topological polar surface area (TPSA) is 47.3 Å². The molecule has 0 amide bonds. The molecule has 0 saturated carbocycles. The molecule has 0 saturated heterocycles. The summed E-state index contributed by atoms with van der Waals surface area (Å²) in [6, 6.07) is 3.78. The highest BCUT2D eigenvalue weighted by Gasteiger charge is 2.03. The maximum atomic E-state index is 10.4. The largest absolute Gasteiger partial charge is 0.303 e. The van der Waals surface area contributed by atoms with Crippen LogP contribution in [0.4, 0.5) is 0 Å². The summed E-state index contributed by atoms with van der Waals surface area (Å²) in [6.45, 7) is 2.03. The van der Waals surface area contributed by atoms with Crippen molar-refractivity contribution in [1.29, 1.82) is 0 Å². The highest BCUT2D eigenvalue weighted by molar-refractivity contribution is 5.55. The van der Waals surface area contributed by atoms with Crippen LogP contribution in [0.15, 0.2) is 18.3 Å². The molecule has 4 nitrogen and oxygen atoms in total. The fraction of sp³-hybridized carbons (Fsp3) is 0.300. The van der Waals surface area contributed by atoms with E-state index >= 15 is 0 Å². The van der Waals surface area contributed by atoms with E-state index in [9.17, 15) is 4.79 Å². The fourth-order valence-corrected chi connectivity index (χ4v) is 1.44. The number of hydrogen-bond donors (Lipinski definition) is 0. The molecule has 2 aromatic heterocycles. The van der Waals surface area contributed by atoms with Gasteiger partial charge >= 0.3 is 0 Å². The van der Waals surface area contributed by atoms with E-state index in [1.165, 1.54) is 0 Å². The molecular formula is C10H11N3O. The molecule has 2 heterocycles. The molecule has 0 aliphatic rings. The number of aryl methyl sites for hydroxylation is 1. The van der Waals surface area contributed by atoms with Gasteiger partial charge in [0.1, 0.15) is 12.1 Å². The van der Waals surface area contributed by atoms with Crippen molar-refractivity contribution in [3.05, 3.63) is 29.7 Å². The molecule has 4 heteroatoms. The average Bonchev–Trinajstić information content (AvgIpc) is 2.60. The Morgan fingerprint density at radius 1 is 1.43 bits per heavy atom. The summed E-state index contributed by atoms with van der Waals surface area (Å²) in [4.78, 5) is 10.4. The van der Waals surface area contributed by atoms with Crippen molar-refractivity contribution in [3.63, 3.8) is 0 Å². The molecule has 0 bridgehead atoms. The first-order chi connectivity index (χ1) is 6.85. The van der Waals surface area contributed by atoms with Crippen LogP contribution in [0.3, 0.4) is 0 Å². The molecule has 0 aliphatic heterocycles. The third kappa shape index (κ3) is 1.39. The number of aromatic nitrogens is 3. The van der Waals surface area contributed by atoms with Crippen LogP contribution in [0, 0.1) is 0 Å². The van der Waals surface area contributed by atoms with E-state index in [0.717, 1.165) is 29.7 Å². The van der Waals surface area contributed by atoms with E-state index in [2.05, 4.69) is 10.2 Å². The molecule has 0 atom stereocenters. The number of nitrogens with zero attached hydrogens (tertiary/aromatic N) is 3. The molecule has 0 aliphatic carbocycles. The van der Waals surface area contributed by atoms with Gasteiger partial charge in [-0.3, -0.25) is 4.40 Å². The monoisotopic (exact) mass is 189 g/mol. The van der Waals surface area contributed by atoms with E-state index in [4.69, 9.17) is 0 Å². The van der Waals surface area contributed by atoms with Crippen LogP contribution in [0.5, 0.6) is 0 Å². The van der Waals surface area contributed by atoms with Crippen molar-refractivity contribution in [2.45, 2.75) is 19.8 Å². The number of aldehydes is 1. The molecule has 72 valence electrons. The molecule has 14 heavy (non-hydrogen) atoms. The number of pyridine rings is 1. The summed E-state index contributed by atoms with van der Waals surface area (Å²) >= 11 is 0. The quantitative estimate of drug-likeness (QED) is 0.677. The first-order valence-corrected chi connectivity index (χ1v) is 4.61. The lowest BCUT2D eigenvalue weighted by molar-refractivity contribution is -0.107. The minimum atomic E-state index is 0.442. The molecular weight excluding hydrogens is 178 g/mol. The lowest BCUT2D eigenvalue weighted by Gasteiger charge is -1.99. The molecule has 0 fully saturated rings. The summed E-state index contributed by atoms with van der Waals surface area (Å²) in [5.41, 5.74) is 1.82. The zero-order chi connectivity index (χ0) is 9.97. The van der Waals surface area contributed by atoms with Crippen molar-refractivity contribution >= 4 is 11.9 Å². The first-order valence-electron chi connectivity index (χ1n) is 4.61. The Morgan fingerprint density at radius 3 is 3.00 bits per heavy atom.